The molecule has 0 saturated carbocycles. The minimum atomic E-state index is 0.681. The van der Waals surface area contributed by atoms with E-state index in [9.17, 15) is 0 Å². The van der Waals surface area contributed by atoms with Crippen molar-refractivity contribution in [1.82, 2.24) is 10.2 Å². The molecule has 0 spiro atoms. The molecule has 98 valence electrons. The van der Waals surface area contributed by atoms with E-state index in [1.165, 1.54) is 45.3 Å². The van der Waals surface area contributed by atoms with Gasteiger partial charge >= 0.3 is 0 Å². The summed E-state index contributed by atoms with van der Waals surface area (Å²) in [7, 11) is 0. The maximum atomic E-state index is 3.88. The van der Waals surface area contributed by atoms with Crippen molar-refractivity contribution in [2.45, 2.75) is 44.7 Å². The smallest absolute Gasteiger partial charge is 0.0151 e. The van der Waals surface area contributed by atoms with Crippen molar-refractivity contribution >= 4 is 0 Å². The molecular weight excluding hydrogens is 220 g/mol. The second-order valence-electron chi connectivity index (χ2n) is 5.75. The second-order valence-corrected chi connectivity index (χ2v) is 5.75. The number of benzene rings is 1. The number of nitrogens with one attached hydrogen (secondary N) is 1. The van der Waals surface area contributed by atoms with Crippen molar-refractivity contribution in [1.29, 1.82) is 0 Å². The van der Waals surface area contributed by atoms with Gasteiger partial charge < -0.3 is 10.2 Å². The summed E-state index contributed by atoms with van der Waals surface area (Å²) < 4.78 is 0. The van der Waals surface area contributed by atoms with Crippen LogP contribution in [0, 0.1) is 0 Å². The van der Waals surface area contributed by atoms with Gasteiger partial charge in [-0.25, -0.2) is 0 Å². The van der Waals surface area contributed by atoms with Crippen LogP contribution in [0.1, 0.15) is 30.9 Å². The SMILES string of the molecule is CCN1CCC(NC2Cc3ccccc3C2)CC1. The van der Waals surface area contributed by atoms with Gasteiger partial charge in [0.1, 0.15) is 0 Å². The van der Waals surface area contributed by atoms with Crippen molar-refractivity contribution in [2.75, 3.05) is 19.6 Å². The molecule has 1 aliphatic carbocycles. The van der Waals surface area contributed by atoms with Crippen molar-refractivity contribution in [3.05, 3.63) is 35.4 Å². The number of piperidine rings is 1. The minimum Gasteiger partial charge on any atom is -0.310 e. The first kappa shape index (κ1) is 12.2. The molecule has 1 N–H and O–H groups in total. The molecule has 0 radical (unpaired) electrons. The van der Waals surface area contributed by atoms with E-state index in [0.717, 1.165) is 6.04 Å². The highest BCUT2D eigenvalue weighted by atomic mass is 15.1. The van der Waals surface area contributed by atoms with Crippen molar-refractivity contribution in [3.8, 4) is 0 Å². The van der Waals surface area contributed by atoms with Crippen LogP contribution in [0.2, 0.25) is 0 Å². The van der Waals surface area contributed by atoms with Crippen LogP contribution < -0.4 is 5.32 Å². The number of rotatable bonds is 3. The zero-order chi connectivity index (χ0) is 12.4. The predicted octanol–water partition coefficient (Wildman–Crippen LogP) is 2.23. The van der Waals surface area contributed by atoms with Crippen LogP contribution in [0.3, 0.4) is 0 Å². The number of hydrogen-bond donors (Lipinski definition) is 1. The molecule has 1 fully saturated rings. The Bertz CT molecular complexity index is 369. The molecule has 1 aromatic carbocycles. The zero-order valence-electron chi connectivity index (χ0n) is 11.4. The third kappa shape index (κ3) is 2.60. The maximum absolute atomic E-state index is 3.88. The van der Waals surface area contributed by atoms with Gasteiger partial charge in [-0.05, 0) is 56.4 Å². The number of likely N-dealkylation sites (tertiary alicyclic amines) is 1. The van der Waals surface area contributed by atoms with E-state index < -0.39 is 0 Å². The Labute approximate surface area is 110 Å². The number of hydrogen-bond acceptors (Lipinski definition) is 2. The fourth-order valence-electron chi connectivity index (χ4n) is 3.43. The Kier molecular flexibility index (Phi) is 3.67. The van der Waals surface area contributed by atoms with Crippen LogP contribution in [-0.2, 0) is 12.8 Å². The molecule has 1 heterocycles. The van der Waals surface area contributed by atoms with E-state index >= 15 is 0 Å². The van der Waals surface area contributed by atoms with E-state index in [4.69, 9.17) is 0 Å². The summed E-state index contributed by atoms with van der Waals surface area (Å²) in [5.41, 5.74) is 3.11. The Morgan fingerprint density at radius 3 is 2.22 bits per heavy atom. The highest BCUT2D eigenvalue weighted by Gasteiger charge is 2.25. The molecule has 3 rings (SSSR count). The van der Waals surface area contributed by atoms with E-state index in [-0.39, 0.29) is 0 Å². The number of nitrogens with zero attached hydrogens (tertiary/aromatic N) is 1. The molecular formula is C16H24N2. The average molecular weight is 244 g/mol. The fraction of sp³-hybridized carbons (Fsp3) is 0.625. The summed E-state index contributed by atoms with van der Waals surface area (Å²) in [6.45, 7) is 6.02. The average Bonchev–Trinajstić information content (AvgIpc) is 2.82. The molecule has 0 unspecified atom stereocenters. The van der Waals surface area contributed by atoms with E-state index in [2.05, 4.69) is 41.4 Å². The lowest BCUT2D eigenvalue weighted by molar-refractivity contribution is 0.199. The molecule has 1 aromatic rings. The monoisotopic (exact) mass is 244 g/mol. The first-order valence-electron chi connectivity index (χ1n) is 7.40. The van der Waals surface area contributed by atoms with Gasteiger partial charge in [0.2, 0.25) is 0 Å². The van der Waals surface area contributed by atoms with Crippen LogP contribution >= 0.6 is 0 Å². The highest BCUT2D eigenvalue weighted by molar-refractivity contribution is 5.33. The quantitative estimate of drug-likeness (QED) is 0.877. The van der Waals surface area contributed by atoms with Gasteiger partial charge in [-0.15, -0.1) is 0 Å². The molecule has 1 aliphatic heterocycles. The van der Waals surface area contributed by atoms with E-state index in [1.807, 2.05) is 0 Å². The molecule has 0 aromatic heterocycles. The molecule has 2 nitrogen and oxygen atoms in total. The first-order chi connectivity index (χ1) is 8.85. The normalized spacial score (nSPS) is 22.3. The molecule has 1 saturated heterocycles. The molecule has 18 heavy (non-hydrogen) atoms. The van der Waals surface area contributed by atoms with Crippen molar-refractivity contribution < 1.29 is 0 Å². The lowest BCUT2D eigenvalue weighted by Crippen LogP contribution is -2.46. The van der Waals surface area contributed by atoms with Gasteiger partial charge in [0.05, 0.1) is 0 Å². The van der Waals surface area contributed by atoms with Gasteiger partial charge in [0.25, 0.3) is 0 Å². The third-order valence-electron chi connectivity index (χ3n) is 4.56. The Balaban J connectivity index is 1.51. The van der Waals surface area contributed by atoms with Crippen LogP contribution in [0.5, 0.6) is 0 Å². The predicted molar refractivity (Wildman–Crippen MR) is 75.9 cm³/mol. The van der Waals surface area contributed by atoms with Gasteiger partial charge in [-0.2, -0.15) is 0 Å². The van der Waals surface area contributed by atoms with Gasteiger partial charge in [-0.3, -0.25) is 0 Å². The fourth-order valence-corrected chi connectivity index (χ4v) is 3.43. The summed E-state index contributed by atoms with van der Waals surface area (Å²) in [5.74, 6) is 0. The molecule has 0 bridgehead atoms. The number of fused-ring (bicyclic) bond motifs is 1. The Morgan fingerprint density at radius 2 is 1.67 bits per heavy atom. The van der Waals surface area contributed by atoms with Crippen molar-refractivity contribution in [2.24, 2.45) is 0 Å². The maximum Gasteiger partial charge on any atom is 0.0151 e. The lowest BCUT2D eigenvalue weighted by Gasteiger charge is -2.33. The van der Waals surface area contributed by atoms with E-state index in [0.29, 0.717) is 6.04 Å². The molecule has 0 amide bonds. The van der Waals surface area contributed by atoms with Gasteiger partial charge in [0.15, 0.2) is 0 Å². The molecule has 0 atom stereocenters. The second kappa shape index (κ2) is 5.41. The lowest BCUT2D eigenvalue weighted by atomic mass is 10.0. The summed E-state index contributed by atoms with van der Waals surface area (Å²) >= 11 is 0. The Morgan fingerprint density at radius 1 is 1.06 bits per heavy atom. The van der Waals surface area contributed by atoms with Crippen LogP contribution in [0.4, 0.5) is 0 Å². The summed E-state index contributed by atoms with van der Waals surface area (Å²) in [4.78, 5) is 2.56. The minimum absolute atomic E-state index is 0.681. The van der Waals surface area contributed by atoms with Crippen LogP contribution in [0.15, 0.2) is 24.3 Å². The highest BCUT2D eigenvalue weighted by Crippen LogP contribution is 2.23. The topological polar surface area (TPSA) is 15.3 Å². The summed E-state index contributed by atoms with van der Waals surface area (Å²) in [6.07, 6.45) is 5.09. The van der Waals surface area contributed by atoms with Gasteiger partial charge in [0, 0.05) is 12.1 Å². The molecule has 2 heteroatoms. The largest absolute Gasteiger partial charge is 0.310 e. The Hall–Kier alpha value is -0.860. The van der Waals surface area contributed by atoms with Crippen molar-refractivity contribution in [3.63, 3.8) is 0 Å². The summed E-state index contributed by atoms with van der Waals surface area (Å²) in [6, 6.07) is 10.3. The zero-order valence-corrected chi connectivity index (χ0v) is 11.4. The first-order valence-corrected chi connectivity index (χ1v) is 7.40. The van der Waals surface area contributed by atoms with Crippen LogP contribution in [-0.4, -0.2) is 36.6 Å². The molecule has 2 aliphatic rings. The van der Waals surface area contributed by atoms with Crippen LogP contribution in [0.25, 0.3) is 0 Å². The third-order valence-corrected chi connectivity index (χ3v) is 4.56. The summed E-state index contributed by atoms with van der Waals surface area (Å²) in [5, 5.41) is 3.88. The van der Waals surface area contributed by atoms with Gasteiger partial charge in [-0.1, -0.05) is 31.2 Å². The van der Waals surface area contributed by atoms with E-state index in [1.54, 1.807) is 11.1 Å². The standard InChI is InChI=1S/C16H24N2/c1-2-18-9-7-15(8-10-18)17-16-11-13-5-3-4-6-14(13)12-16/h3-6,15-17H,2,7-12H2,1H3.